The molecule has 4 aliphatic heterocycles. The number of methoxy groups -OCH3 is 3. The zero-order chi connectivity index (χ0) is 59.2. The summed E-state index contributed by atoms with van der Waals surface area (Å²) in [5, 5.41) is 23.7. The second kappa shape index (κ2) is 30.2. The number of allylic oxidation sites excluding steroid dienone is 6. The monoisotopic (exact) mass is 1130 g/mol. The molecule has 0 radical (unpaired) electrons. The lowest BCUT2D eigenvalue weighted by Crippen LogP contribution is -2.61. The van der Waals surface area contributed by atoms with Gasteiger partial charge in [0.25, 0.3) is 11.7 Å². The van der Waals surface area contributed by atoms with Crippen LogP contribution in [0, 0.1) is 40.9 Å². The summed E-state index contributed by atoms with van der Waals surface area (Å²) in [4.78, 5) is 86.8. The Hall–Kier alpha value is -4.66. The van der Waals surface area contributed by atoms with Crippen LogP contribution in [-0.2, 0) is 66.5 Å². The molecule has 6 rings (SSSR count). The van der Waals surface area contributed by atoms with Crippen LogP contribution in [0.4, 0.5) is 0 Å². The lowest BCUT2D eigenvalue weighted by atomic mass is 9.75. The van der Waals surface area contributed by atoms with E-state index >= 15 is 0 Å². The fourth-order valence-electron chi connectivity index (χ4n) is 12.0. The lowest BCUT2D eigenvalue weighted by molar-refractivity contribution is -0.265. The minimum atomic E-state index is -2.46. The Balaban J connectivity index is 1.23. The van der Waals surface area contributed by atoms with Crippen LogP contribution in [0.15, 0.2) is 77.9 Å². The topological polar surface area (TPSA) is 220 Å². The number of piperidine rings is 1. The molecule has 1 saturated carbocycles. The highest BCUT2D eigenvalue weighted by Crippen LogP contribution is 2.39. The molecular weight excluding hydrogens is 1040 g/mol. The standard InChI is InChI=1S/C63H92BNO16/c1-39-20-14-12-15-21-40(2)52(74-9)35-48-29-27-45(7)63(73,81-48)58(69)59(70)65-31-19-18-24-49(65)60(71)79-53(36-50(66)42(4)32-44(6)56(68)57(76-11)55(67)41(3)26-25-39)43(5)33-46-28-30-51(54(34-46)75-10)80-61(72)62(8)37-77-64(78-38-62)47-22-16-13-17-23-47/h12-17,20-23,32,39,41-43,45-46,48-49,51-54,56-57,68,73H,18-19,24-31,33-38H2,1-11H3/b15-12+,20-14+,40-21?,44-32+/t39-,41-,42-,43-,45-,46+,48+,49+,51-,52+,53+,54-,56-,57+,63-/m1/s1. The third-order valence-electron chi connectivity index (χ3n) is 17.7. The fraction of sp³-hybridized carbons (Fsp3) is 0.683. The van der Waals surface area contributed by atoms with E-state index in [1.54, 1.807) is 48.0 Å². The Morgan fingerprint density at radius 2 is 1.54 bits per heavy atom. The van der Waals surface area contributed by atoms with Gasteiger partial charge >= 0.3 is 19.1 Å². The number of esters is 2. The van der Waals surface area contributed by atoms with E-state index in [9.17, 15) is 39.0 Å². The third-order valence-corrected chi connectivity index (χ3v) is 17.7. The zero-order valence-corrected chi connectivity index (χ0v) is 49.9. The highest BCUT2D eigenvalue weighted by Gasteiger charge is 2.53. The highest BCUT2D eigenvalue weighted by atomic mass is 16.6. The number of carbonyl (C=O) groups excluding carboxylic acids is 6. The molecule has 0 spiro atoms. The first kappa shape index (κ1) is 65.5. The number of ether oxygens (including phenoxy) is 6. The van der Waals surface area contributed by atoms with Crippen molar-refractivity contribution in [2.45, 2.75) is 193 Å². The van der Waals surface area contributed by atoms with E-state index in [1.165, 1.54) is 12.0 Å². The van der Waals surface area contributed by atoms with Crippen molar-refractivity contribution in [1.82, 2.24) is 4.90 Å². The van der Waals surface area contributed by atoms with Crippen molar-refractivity contribution in [3.63, 3.8) is 0 Å². The third kappa shape index (κ3) is 17.0. The maximum absolute atomic E-state index is 14.7. The Kier molecular flexibility index (Phi) is 24.5. The molecule has 4 heterocycles. The van der Waals surface area contributed by atoms with E-state index in [-0.39, 0.29) is 56.0 Å². The van der Waals surface area contributed by atoms with Gasteiger partial charge in [-0.25, -0.2) is 4.79 Å². The van der Waals surface area contributed by atoms with Crippen molar-refractivity contribution in [3.05, 3.63) is 77.9 Å². The van der Waals surface area contributed by atoms with Crippen LogP contribution in [-0.4, -0.2) is 153 Å². The summed E-state index contributed by atoms with van der Waals surface area (Å²) in [6.45, 7) is 14.8. The number of rotatable bonds is 9. The quantitative estimate of drug-likeness (QED) is 0.105. The van der Waals surface area contributed by atoms with E-state index in [1.807, 2.05) is 75.4 Å². The van der Waals surface area contributed by atoms with Crippen molar-refractivity contribution in [1.29, 1.82) is 0 Å². The number of hydrogen-bond donors (Lipinski definition) is 2. The molecule has 0 aromatic heterocycles. The van der Waals surface area contributed by atoms with Crippen LogP contribution >= 0.6 is 0 Å². The summed E-state index contributed by atoms with van der Waals surface area (Å²) in [7, 11) is 3.95. The number of amides is 1. The van der Waals surface area contributed by atoms with Crippen LogP contribution in [0.3, 0.4) is 0 Å². The van der Waals surface area contributed by atoms with Crippen LogP contribution < -0.4 is 5.46 Å². The summed E-state index contributed by atoms with van der Waals surface area (Å²) in [5.41, 5.74) is 1.07. The summed E-state index contributed by atoms with van der Waals surface area (Å²) in [6.07, 6.45) is 11.4. The van der Waals surface area contributed by atoms with Crippen molar-refractivity contribution in [2.24, 2.45) is 40.9 Å². The molecule has 17 nitrogen and oxygen atoms in total. The maximum atomic E-state index is 14.7. The Bertz CT molecular complexity index is 2420. The van der Waals surface area contributed by atoms with Crippen LogP contribution in [0.2, 0.25) is 0 Å². The number of aliphatic hydroxyl groups is 2. The molecule has 18 heteroatoms. The summed E-state index contributed by atoms with van der Waals surface area (Å²) in [6, 6.07) is 8.32. The Morgan fingerprint density at radius 3 is 2.22 bits per heavy atom. The highest BCUT2D eigenvalue weighted by molar-refractivity contribution is 6.61. The largest absolute Gasteiger partial charge is 0.493 e. The summed E-state index contributed by atoms with van der Waals surface area (Å²) < 4.78 is 48.2. The van der Waals surface area contributed by atoms with Gasteiger partial charge in [0.05, 0.1) is 18.3 Å². The fourth-order valence-corrected chi connectivity index (χ4v) is 12.0. The first-order valence-electron chi connectivity index (χ1n) is 29.5. The van der Waals surface area contributed by atoms with Crippen molar-refractivity contribution < 1.29 is 76.7 Å². The van der Waals surface area contributed by atoms with E-state index in [0.29, 0.717) is 76.2 Å². The van der Waals surface area contributed by atoms with E-state index in [0.717, 1.165) is 11.0 Å². The van der Waals surface area contributed by atoms with Crippen LogP contribution in [0.25, 0.3) is 0 Å². The molecule has 0 unspecified atom stereocenters. The Labute approximate surface area is 481 Å². The number of Topliss-reactive ketones (excluding diaryl/α,β-unsaturated/α-hetero) is 3. The predicted molar refractivity (Wildman–Crippen MR) is 305 cm³/mol. The van der Waals surface area contributed by atoms with Crippen molar-refractivity contribution in [2.75, 3.05) is 41.1 Å². The van der Waals surface area contributed by atoms with Gasteiger partial charge in [-0.05, 0) is 126 Å². The maximum Gasteiger partial charge on any atom is 0.493 e. The first-order valence-corrected chi connectivity index (χ1v) is 29.5. The molecule has 2 N–H and O–H groups in total. The van der Waals surface area contributed by atoms with Gasteiger partial charge in [-0.1, -0.05) is 101 Å². The number of nitrogens with zero attached hydrogens (tertiary/aromatic N) is 1. The molecule has 15 atom stereocenters. The van der Waals surface area contributed by atoms with E-state index in [4.69, 9.17) is 37.7 Å². The van der Waals surface area contributed by atoms with Gasteiger partial charge in [0.15, 0.2) is 5.78 Å². The molecular formula is C63H92BNO16. The lowest BCUT2D eigenvalue weighted by Gasteiger charge is -2.42. The summed E-state index contributed by atoms with van der Waals surface area (Å²) >= 11 is 0. The van der Waals surface area contributed by atoms with Gasteiger partial charge in [0.2, 0.25) is 5.79 Å². The first-order chi connectivity index (χ1) is 38.5. The number of aliphatic hydroxyl groups excluding tert-OH is 1. The summed E-state index contributed by atoms with van der Waals surface area (Å²) in [5.74, 6) is -8.67. The normalized spacial score (nSPS) is 36.0. The van der Waals surface area contributed by atoms with Gasteiger partial charge in [-0.3, -0.25) is 24.0 Å². The predicted octanol–water partition coefficient (Wildman–Crippen LogP) is 7.57. The van der Waals surface area contributed by atoms with E-state index in [2.05, 4.69) is 13.0 Å². The Morgan fingerprint density at radius 1 is 0.827 bits per heavy atom. The van der Waals surface area contributed by atoms with Gasteiger partial charge < -0.3 is 52.8 Å². The van der Waals surface area contributed by atoms with Crippen molar-refractivity contribution in [3.8, 4) is 0 Å². The van der Waals surface area contributed by atoms with E-state index < -0.39 is 114 Å². The minimum Gasteiger partial charge on any atom is -0.460 e. The molecule has 1 amide bonds. The minimum absolute atomic E-state index is 0.000201. The second-order valence-corrected chi connectivity index (χ2v) is 24.2. The molecule has 3 saturated heterocycles. The van der Waals surface area contributed by atoms with Gasteiger partial charge in [0, 0.05) is 71.7 Å². The number of fused-ring (bicyclic) bond motifs is 3. The van der Waals surface area contributed by atoms with Crippen molar-refractivity contribution >= 4 is 47.8 Å². The SMILES string of the molecule is CO[C@H]1C[C@@H]2CC[C@@H](C)[C@@](O)(O2)C(=O)C(=O)N2CCCC[C@H]2C(=O)O[C@H]([C@H](C)C[C@@H]2CC[C@@H](OC(=O)C3(C)COB(c4ccccc4)OC3)[C@H](OC)C2)CC(=O)[C@H](C)/C=C(\C)[C@@H](O)[C@@H](OC)C(=O)[C@H](C)CC[C@H](C)/C=C/C=C/C=C1C. The zero-order valence-electron chi connectivity index (χ0n) is 49.9. The average Bonchev–Trinajstić information content (AvgIpc) is 3.47. The van der Waals surface area contributed by atoms with Gasteiger partial charge in [0.1, 0.15) is 41.7 Å². The molecule has 81 heavy (non-hydrogen) atoms. The van der Waals surface area contributed by atoms with Crippen LogP contribution in [0.1, 0.15) is 139 Å². The number of cyclic esters (lactones) is 1. The molecule has 4 fully saturated rings. The number of carbonyl (C=O) groups is 6. The molecule has 1 aromatic carbocycles. The molecule has 2 bridgehead atoms. The number of benzene rings is 1. The average molecular weight is 1130 g/mol. The molecule has 5 aliphatic rings. The number of ketones is 3. The number of hydrogen-bond acceptors (Lipinski definition) is 16. The molecule has 1 aliphatic carbocycles. The smallest absolute Gasteiger partial charge is 0.460 e. The van der Waals surface area contributed by atoms with Crippen LogP contribution in [0.5, 0.6) is 0 Å². The molecule has 1 aromatic rings. The van der Waals surface area contributed by atoms with Gasteiger partial charge in [-0.15, -0.1) is 0 Å². The second-order valence-electron chi connectivity index (χ2n) is 24.2. The molecule has 448 valence electrons. The van der Waals surface area contributed by atoms with Gasteiger partial charge in [-0.2, -0.15) is 0 Å².